The molecule has 1 aliphatic heterocycles. The highest BCUT2D eigenvalue weighted by Gasteiger charge is 2.43. The van der Waals surface area contributed by atoms with Crippen LogP contribution in [0, 0.1) is 17.5 Å². The summed E-state index contributed by atoms with van der Waals surface area (Å²) in [7, 11) is 0. The smallest absolute Gasteiger partial charge is 0.252 e. The van der Waals surface area contributed by atoms with Crippen molar-refractivity contribution in [3.63, 3.8) is 0 Å². The predicted octanol–water partition coefficient (Wildman–Crippen LogP) is 0.930. The normalized spacial score (nSPS) is 23.6. The molecule has 10 heteroatoms. The van der Waals surface area contributed by atoms with Crippen LogP contribution in [0.25, 0.3) is 11.3 Å². The topological polar surface area (TPSA) is 103 Å². The average Bonchev–Trinajstić information content (AvgIpc) is 3.09. The van der Waals surface area contributed by atoms with Gasteiger partial charge in [-0.3, -0.25) is 4.79 Å². The lowest BCUT2D eigenvalue weighted by Gasteiger charge is -2.36. The lowest BCUT2D eigenvalue weighted by Crippen LogP contribution is -2.53. The molecular formula is C15H15F3N4O3. The van der Waals surface area contributed by atoms with Crippen LogP contribution in [0.4, 0.5) is 13.2 Å². The molecule has 0 bridgehead atoms. The molecule has 0 spiro atoms. The van der Waals surface area contributed by atoms with E-state index in [2.05, 4.69) is 10.3 Å². The van der Waals surface area contributed by atoms with Crippen LogP contribution in [0.15, 0.2) is 18.3 Å². The highest BCUT2D eigenvalue weighted by Crippen LogP contribution is 2.33. The van der Waals surface area contributed by atoms with Crippen LogP contribution in [0.1, 0.15) is 18.9 Å². The zero-order chi connectivity index (χ0) is 18.2. The number of aromatic nitrogens is 3. The summed E-state index contributed by atoms with van der Waals surface area (Å²) < 4.78 is 46.5. The number of hydrogen-bond acceptors (Lipinski definition) is 5. The lowest BCUT2D eigenvalue weighted by atomic mass is 9.90. The molecule has 2 heterocycles. The Morgan fingerprint density at radius 2 is 2.08 bits per heavy atom. The van der Waals surface area contributed by atoms with Gasteiger partial charge >= 0.3 is 0 Å². The molecule has 2 atom stereocenters. The summed E-state index contributed by atoms with van der Waals surface area (Å²) in [5.74, 6) is -5.01. The fourth-order valence-electron chi connectivity index (χ4n) is 2.81. The Morgan fingerprint density at radius 1 is 1.40 bits per heavy atom. The van der Waals surface area contributed by atoms with E-state index < -0.39 is 35.6 Å². The van der Waals surface area contributed by atoms with Gasteiger partial charge in [0.05, 0.1) is 25.5 Å². The molecule has 134 valence electrons. The molecule has 0 saturated carbocycles. The van der Waals surface area contributed by atoms with Crippen LogP contribution in [-0.2, 0) is 9.53 Å². The molecule has 2 aromatic rings. The van der Waals surface area contributed by atoms with E-state index in [4.69, 9.17) is 10.5 Å². The van der Waals surface area contributed by atoms with Crippen molar-refractivity contribution in [3.05, 3.63) is 35.8 Å². The minimum absolute atomic E-state index is 0.0260. The number of carbonyl (C=O) groups excluding carboxylic acids is 1. The van der Waals surface area contributed by atoms with Crippen LogP contribution >= 0.6 is 0 Å². The molecule has 3 N–H and O–H groups in total. The maximum atomic E-state index is 13.4. The molecule has 1 fully saturated rings. The third-order valence-electron chi connectivity index (χ3n) is 4.26. The molecule has 25 heavy (non-hydrogen) atoms. The average molecular weight is 356 g/mol. The summed E-state index contributed by atoms with van der Waals surface area (Å²) in [4.78, 5) is 11.6. The Labute approximate surface area is 140 Å². The van der Waals surface area contributed by atoms with E-state index in [1.54, 1.807) is 0 Å². The summed E-state index contributed by atoms with van der Waals surface area (Å²) in [6, 6.07) is 1.28. The van der Waals surface area contributed by atoms with Crippen LogP contribution in [-0.4, -0.2) is 44.8 Å². The van der Waals surface area contributed by atoms with E-state index in [1.807, 2.05) is 0 Å². The van der Waals surface area contributed by atoms with Crippen LogP contribution in [0.2, 0.25) is 0 Å². The number of amides is 1. The standard InChI is InChI=1S/C15H15F3N4O3/c16-10-3-8(4-11(17)13(10)18)12-6-22(21-20-12)9-1-2-25-15(5-9,7-23)14(19)24/h3-4,6,9,23H,1-2,5,7H2,(H2,19,24). The van der Waals surface area contributed by atoms with Gasteiger partial charge in [0.25, 0.3) is 5.91 Å². The van der Waals surface area contributed by atoms with Crippen molar-refractivity contribution >= 4 is 5.91 Å². The van der Waals surface area contributed by atoms with E-state index in [9.17, 15) is 23.1 Å². The fourth-order valence-corrected chi connectivity index (χ4v) is 2.81. The van der Waals surface area contributed by atoms with Crippen LogP contribution in [0.3, 0.4) is 0 Å². The summed E-state index contributed by atoms with van der Waals surface area (Å²) in [5.41, 5.74) is 3.96. The first-order valence-corrected chi connectivity index (χ1v) is 7.48. The van der Waals surface area contributed by atoms with Crippen molar-refractivity contribution in [1.82, 2.24) is 15.0 Å². The Morgan fingerprint density at radius 3 is 2.68 bits per heavy atom. The van der Waals surface area contributed by atoms with Gasteiger partial charge in [-0.25, -0.2) is 17.9 Å². The second-order valence-corrected chi connectivity index (χ2v) is 5.85. The molecule has 1 saturated heterocycles. The van der Waals surface area contributed by atoms with E-state index >= 15 is 0 Å². The van der Waals surface area contributed by atoms with Gasteiger partial charge < -0.3 is 15.6 Å². The Balaban J connectivity index is 1.88. The van der Waals surface area contributed by atoms with Crippen molar-refractivity contribution in [2.75, 3.05) is 13.2 Å². The second-order valence-electron chi connectivity index (χ2n) is 5.85. The molecule has 7 nitrogen and oxygen atoms in total. The SMILES string of the molecule is NC(=O)C1(CO)CC(n2cc(-c3cc(F)c(F)c(F)c3)nn2)CCO1. The van der Waals surface area contributed by atoms with Gasteiger partial charge in [0.2, 0.25) is 0 Å². The maximum absolute atomic E-state index is 13.4. The molecule has 0 aliphatic carbocycles. The van der Waals surface area contributed by atoms with Crippen molar-refractivity contribution in [2.24, 2.45) is 5.73 Å². The number of ether oxygens (including phenoxy) is 1. The molecule has 1 aliphatic rings. The van der Waals surface area contributed by atoms with E-state index in [0.29, 0.717) is 6.42 Å². The first-order chi connectivity index (χ1) is 11.9. The Hall–Kier alpha value is -2.46. The largest absolute Gasteiger partial charge is 0.393 e. The number of nitrogens with two attached hydrogens (primary N) is 1. The lowest BCUT2D eigenvalue weighted by molar-refractivity contribution is -0.161. The van der Waals surface area contributed by atoms with Crippen molar-refractivity contribution in [3.8, 4) is 11.3 Å². The first kappa shape index (κ1) is 17.4. The molecule has 1 aromatic heterocycles. The zero-order valence-corrected chi connectivity index (χ0v) is 13.0. The van der Waals surface area contributed by atoms with Gasteiger partial charge in [-0.15, -0.1) is 5.10 Å². The zero-order valence-electron chi connectivity index (χ0n) is 13.0. The quantitative estimate of drug-likeness (QED) is 0.794. The highest BCUT2D eigenvalue weighted by molar-refractivity contribution is 5.83. The number of rotatable bonds is 4. The maximum Gasteiger partial charge on any atom is 0.252 e. The predicted molar refractivity (Wildman–Crippen MR) is 78.6 cm³/mol. The molecule has 1 amide bonds. The number of aliphatic hydroxyl groups excluding tert-OH is 1. The molecular weight excluding hydrogens is 341 g/mol. The van der Waals surface area contributed by atoms with Gasteiger partial charge in [-0.1, -0.05) is 5.21 Å². The third-order valence-corrected chi connectivity index (χ3v) is 4.26. The number of hydrogen-bond donors (Lipinski definition) is 2. The Bertz CT molecular complexity index is 790. The second kappa shape index (κ2) is 6.45. The van der Waals surface area contributed by atoms with Crippen LogP contribution in [0.5, 0.6) is 0 Å². The fraction of sp³-hybridized carbons (Fsp3) is 0.400. The van der Waals surface area contributed by atoms with Crippen LogP contribution < -0.4 is 5.73 Å². The number of primary amides is 1. The van der Waals surface area contributed by atoms with Gasteiger partial charge in [0.1, 0.15) is 5.69 Å². The third kappa shape index (κ3) is 3.10. The number of aliphatic hydroxyl groups is 1. The van der Waals surface area contributed by atoms with Crippen molar-refractivity contribution < 1.29 is 27.8 Å². The number of benzene rings is 1. The number of nitrogens with zero attached hydrogens (tertiary/aromatic N) is 3. The minimum atomic E-state index is -1.56. The number of carbonyl (C=O) groups is 1. The minimum Gasteiger partial charge on any atom is -0.393 e. The van der Waals surface area contributed by atoms with Crippen molar-refractivity contribution in [2.45, 2.75) is 24.5 Å². The van der Waals surface area contributed by atoms with Gasteiger partial charge in [0, 0.05) is 12.0 Å². The monoisotopic (exact) mass is 356 g/mol. The molecule has 3 rings (SSSR count). The first-order valence-electron chi connectivity index (χ1n) is 7.48. The summed E-state index contributed by atoms with van der Waals surface area (Å²) in [5, 5.41) is 17.2. The highest BCUT2D eigenvalue weighted by atomic mass is 19.2. The summed E-state index contributed by atoms with van der Waals surface area (Å²) >= 11 is 0. The Kier molecular flexibility index (Phi) is 4.48. The van der Waals surface area contributed by atoms with Gasteiger partial charge in [-0.2, -0.15) is 0 Å². The van der Waals surface area contributed by atoms with E-state index in [-0.39, 0.29) is 30.3 Å². The molecule has 2 unspecified atom stereocenters. The van der Waals surface area contributed by atoms with Gasteiger partial charge in [-0.05, 0) is 18.6 Å². The van der Waals surface area contributed by atoms with E-state index in [0.717, 1.165) is 12.1 Å². The number of halogens is 3. The summed E-state index contributed by atoms with van der Waals surface area (Å²) in [6.07, 6.45) is 1.98. The molecule has 0 radical (unpaired) electrons. The summed E-state index contributed by atoms with van der Waals surface area (Å²) in [6.45, 7) is -0.405. The van der Waals surface area contributed by atoms with Crippen molar-refractivity contribution in [1.29, 1.82) is 0 Å². The molecule has 1 aromatic carbocycles. The van der Waals surface area contributed by atoms with Gasteiger partial charge in [0.15, 0.2) is 23.1 Å². The van der Waals surface area contributed by atoms with E-state index in [1.165, 1.54) is 10.9 Å².